The van der Waals surface area contributed by atoms with Crippen molar-refractivity contribution in [2.45, 2.75) is 33.1 Å². The Balaban J connectivity index is 1.76. The largest absolute Gasteiger partial charge is 0.490 e. The van der Waals surface area contributed by atoms with Gasteiger partial charge >= 0.3 is 5.97 Å². The van der Waals surface area contributed by atoms with E-state index >= 15 is 4.39 Å². The Kier molecular flexibility index (Phi) is 6.31. The zero-order valence-electron chi connectivity index (χ0n) is 21.5. The molecule has 0 saturated carbocycles. The van der Waals surface area contributed by atoms with Gasteiger partial charge in [0, 0.05) is 33.0 Å². The molecule has 1 aliphatic rings. The molecule has 0 amide bonds. The zero-order chi connectivity index (χ0) is 27.3. The number of aryl methyl sites for hydroxylation is 1. The first-order valence-electron chi connectivity index (χ1n) is 12.7. The summed E-state index contributed by atoms with van der Waals surface area (Å²) in [4.78, 5) is 16.9. The van der Waals surface area contributed by atoms with E-state index in [9.17, 15) is 9.90 Å². The van der Waals surface area contributed by atoms with E-state index in [1.807, 2.05) is 55.5 Å². The summed E-state index contributed by atoms with van der Waals surface area (Å²) >= 11 is 6.39. The first-order chi connectivity index (χ1) is 18.8. The molecule has 0 aliphatic carbocycles. The van der Waals surface area contributed by atoms with Gasteiger partial charge in [-0.1, -0.05) is 54.1 Å². The third-order valence-electron chi connectivity index (χ3n) is 7.25. The molecule has 0 spiro atoms. The van der Waals surface area contributed by atoms with Gasteiger partial charge in [-0.05, 0) is 56.0 Å². The van der Waals surface area contributed by atoms with Crippen LogP contribution in [0.1, 0.15) is 28.8 Å². The van der Waals surface area contributed by atoms with Gasteiger partial charge in [-0.2, -0.15) is 5.10 Å². The van der Waals surface area contributed by atoms with Gasteiger partial charge in [0.25, 0.3) is 0 Å². The van der Waals surface area contributed by atoms with Crippen LogP contribution in [-0.2, 0) is 17.6 Å². The van der Waals surface area contributed by atoms with E-state index in [1.165, 1.54) is 6.07 Å². The first-order valence-corrected chi connectivity index (χ1v) is 13.1. The predicted molar refractivity (Wildman–Crippen MR) is 149 cm³/mol. The Morgan fingerprint density at radius 1 is 1.10 bits per heavy atom. The van der Waals surface area contributed by atoms with Crippen LogP contribution in [0.3, 0.4) is 0 Å². The summed E-state index contributed by atoms with van der Waals surface area (Å²) < 4.78 is 22.8. The van der Waals surface area contributed by atoms with Gasteiger partial charge in [0.2, 0.25) is 0 Å². The molecule has 1 aliphatic heterocycles. The molecule has 0 saturated heterocycles. The maximum Gasteiger partial charge on any atom is 0.307 e. The number of ether oxygens (including phenoxy) is 1. The van der Waals surface area contributed by atoms with Crippen LogP contribution < -0.4 is 4.74 Å². The van der Waals surface area contributed by atoms with Crippen molar-refractivity contribution in [3.05, 3.63) is 93.9 Å². The molecule has 8 heteroatoms. The molecule has 0 radical (unpaired) electrons. The molecule has 6 rings (SSSR count). The monoisotopic (exact) mass is 541 g/mol. The van der Waals surface area contributed by atoms with E-state index in [4.69, 9.17) is 26.4 Å². The molecule has 39 heavy (non-hydrogen) atoms. The number of rotatable bonds is 5. The molecule has 6 nitrogen and oxygen atoms in total. The molecule has 3 heterocycles. The standard InChI is InChI=1S/C31H25ClFN3O3/c1-17-22-12-7-13-39-30(22)25(33)15-23(17)29-24(16-26(37)38)18(2)34-31-27(20-10-6-11-21(32)14-20)28(35-36(29)31)19-8-4-3-5-9-19/h3-6,8-11,14-15H,7,12-13,16H2,1-2H3,(H,37,38). The average Bonchev–Trinajstić information content (AvgIpc) is 3.30. The lowest BCUT2D eigenvalue weighted by atomic mass is 9.91. The molecule has 0 fully saturated rings. The number of carboxylic acids is 1. The van der Waals surface area contributed by atoms with Crippen LogP contribution in [0, 0.1) is 19.7 Å². The summed E-state index contributed by atoms with van der Waals surface area (Å²) in [6.07, 6.45) is 1.17. The van der Waals surface area contributed by atoms with Crippen LogP contribution >= 0.6 is 11.6 Å². The van der Waals surface area contributed by atoms with Crippen molar-refractivity contribution in [1.82, 2.24) is 14.6 Å². The second-order valence-corrected chi connectivity index (χ2v) is 10.2. The summed E-state index contributed by atoms with van der Waals surface area (Å²) in [5, 5.41) is 15.4. The highest BCUT2D eigenvalue weighted by molar-refractivity contribution is 6.31. The van der Waals surface area contributed by atoms with E-state index in [0.29, 0.717) is 51.9 Å². The molecule has 0 bridgehead atoms. The Hall–Kier alpha value is -4.23. The van der Waals surface area contributed by atoms with Crippen LogP contribution in [0.15, 0.2) is 60.7 Å². The number of benzene rings is 3. The lowest BCUT2D eigenvalue weighted by Gasteiger charge is -2.23. The lowest BCUT2D eigenvalue weighted by Crippen LogP contribution is -2.14. The first kappa shape index (κ1) is 25.1. The number of nitrogens with zero attached hydrogens (tertiary/aromatic N) is 3. The molecule has 3 aromatic carbocycles. The Bertz CT molecular complexity index is 1770. The predicted octanol–water partition coefficient (Wildman–Crippen LogP) is 7.09. The average molecular weight is 542 g/mol. The maximum atomic E-state index is 15.4. The van der Waals surface area contributed by atoms with Gasteiger partial charge in [-0.3, -0.25) is 4.79 Å². The molecule has 2 aromatic heterocycles. The molecular weight excluding hydrogens is 517 g/mol. The number of fused-ring (bicyclic) bond motifs is 2. The van der Waals surface area contributed by atoms with Crippen molar-refractivity contribution in [1.29, 1.82) is 0 Å². The number of hydrogen-bond donors (Lipinski definition) is 1. The second-order valence-electron chi connectivity index (χ2n) is 9.72. The number of halogens is 2. The quantitative estimate of drug-likeness (QED) is 0.257. The van der Waals surface area contributed by atoms with Crippen LogP contribution in [0.5, 0.6) is 5.75 Å². The van der Waals surface area contributed by atoms with E-state index < -0.39 is 11.8 Å². The van der Waals surface area contributed by atoms with Gasteiger partial charge in [0.1, 0.15) is 5.69 Å². The van der Waals surface area contributed by atoms with Crippen LogP contribution in [-0.4, -0.2) is 32.3 Å². The highest BCUT2D eigenvalue weighted by Gasteiger charge is 2.28. The van der Waals surface area contributed by atoms with Crippen molar-refractivity contribution in [2.75, 3.05) is 6.61 Å². The minimum atomic E-state index is -1.01. The minimum Gasteiger partial charge on any atom is -0.490 e. The second kappa shape index (κ2) is 9.82. The van der Waals surface area contributed by atoms with Crippen molar-refractivity contribution in [2.24, 2.45) is 0 Å². The number of hydrogen-bond acceptors (Lipinski definition) is 4. The molecular formula is C31H25ClFN3O3. The highest BCUT2D eigenvalue weighted by Crippen LogP contribution is 2.42. The van der Waals surface area contributed by atoms with Gasteiger partial charge in [0.15, 0.2) is 17.2 Å². The Morgan fingerprint density at radius 3 is 2.62 bits per heavy atom. The summed E-state index contributed by atoms with van der Waals surface area (Å²) in [5.41, 5.74) is 7.38. The van der Waals surface area contributed by atoms with Crippen molar-refractivity contribution in [3.8, 4) is 39.4 Å². The maximum absolute atomic E-state index is 15.4. The lowest BCUT2D eigenvalue weighted by molar-refractivity contribution is -0.136. The summed E-state index contributed by atoms with van der Waals surface area (Å²) in [7, 11) is 0. The highest BCUT2D eigenvalue weighted by atomic mass is 35.5. The SMILES string of the molecule is Cc1nc2c(-c3cccc(Cl)c3)c(-c3ccccc3)nn2c(-c2cc(F)c3c(c2C)CCCO3)c1CC(=O)O. The van der Waals surface area contributed by atoms with E-state index in [1.54, 1.807) is 17.5 Å². The van der Waals surface area contributed by atoms with Crippen molar-refractivity contribution in [3.63, 3.8) is 0 Å². The summed E-state index contributed by atoms with van der Waals surface area (Å²) in [5.74, 6) is -1.21. The normalized spacial score (nSPS) is 12.8. The molecule has 196 valence electrons. The van der Waals surface area contributed by atoms with Crippen molar-refractivity contribution < 1.29 is 19.0 Å². The zero-order valence-corrected chi connectivity index (χ0v) is 22.2. The Labute approximate surface area is 229 Å². The number of aromatic nitrogens is 3. The van der Waals surface area contributed by atoms with Gasteiger partial charge in [-0.15, -0.1) is 0 Å². The molecule has 1 N–H and O–H groups in total. The van der Waals surface area contributed by atoms with Gasteiger partial charge in [0.05, 0.1) is 24.3 Å². The van der Waals surface area contributed by atoms with Crippen LogP contribution in [0.4, 0.5) is 4.39 Å². The molecule has 0 atom stereocenters. The smallest absolute Gasteiger partial charge is 0.307 e. The van der Waals surface area contributed by atoms with Gasteiger partial charge in [-0.25, -0.2) is 13.9 Å². The Morgan fingerprint density at radius 2 is 1.87 bits per heavy atom. The fraction of sp³-hybridized carbons (Fsp3) is 0.194. The number of carboxylic acid groups (broad SMARTS) is 1. The third kappa shape index (κ3) is 4.33. The van der Waals surface area contributed by atoms with E-state index in [-0.39, 0.29) is 12.2 Å². The third-order valence-corrected chi connectivity index (χ3v) is 7.48. The number of carbonyl (C=O) groups is 1. The van der Waals surface area contributed by atoms with Gasteiger partial charge < -0.3 is 9.84 Å². The molecule has 5 aromatic rings. The fourth-order valence-electron chi connectivity index (χ4n) is 5.45. The number of aliphatic carboxylic acids is 1. The van der Waals surface area contributed by atoms with Crippen molar-refractivity contribution >= 4 is 23.2 Å². The van der Waals surface area contributed by atoms with Crippen LogP contribution in [0.25, 0.3) is 39.3 Å². The van der Waals surface area contributed by atoms with E-state index in [0.717, 1.165) is 34.2 Å². The minimum absolute atomic E-state index is 0.273. The summed E-state index contributed by atoms with van der Waals surface area (Å²) in [6.45, 7) is 4.17. The van der Waals surface area contributed by atoms with Crippen LogP contribution in [0.2, 0.25) is 5.02 Å². The molecule has 0 unspecified atom stereocenters. The topological polar surface area (TPSA) is 76.7 Å². The van der Waals surface area contributed by atoms with E-state index in [2.05, 4.69) is 0 Å². The summed E-state index contributed by atoms with van der Waals surface area (Å²) in [6, 6.07) is 18.6. The fourth-order valence-corrected chi connectivity index (χ4v) is 5.64.